The molecule has 1 atom stereocenters. The van der Waals surface area contributed by atoms with Gasteiger partial charge in [0.2, 0.25) is 0 Å². The van der Waals surface area contributed by atoms with Crippen LogP contribution in [0.4, 0.5) is 0 Å². The average molecular weight is 220 g/mol. The van der Waals surface area contributed by atoms with Gasteiger partial charge in [0, 0.05) is 12.5 Å². The number of rotatable bonds is 6. The van der Waals surface area contributed by atoms with Gasteiger partial charge in [0.15, 0.2) is 0 Å². The Kier molecular flexibility index (Phi) is 5.54. The second-order valence-electron chi connectivity index (χ2n) is 5.01. The van der Waals surface area contributed by atoms with Crippen molar-refractivity contribution in [3.8, 4) is 0 Å². The van der Waals surface area contributed by atoms with Gasteiger partial charge >= 0.3 is 0 Å². The van der Waals surface area contributed by atoms with E-state index in [0.29, 0.717) is 11.8 Å². The SMILES string of the molecule is CCCC(CO)c1ccc(CC(C)C)cc1. The van der Waals surface area contributed by atoms with E-state index >= 15 is 0 Å². The first-order chi connectivity index (χ1) is 7.67. The zero-order chi connectivity index (χ0) is 12.0. The fourth-order valence-electron chi connectivity index (χ4n) is 2.11. The van der Waals surface area contributed by atoms with E-state index in [1.54, 1.807) is 0 Å². The largest absolute Gasteiger partial charge is 0.396 e. The highest BCUT2D eigenvalue weighted by Crippen LogP contribution is 2.21. The third-order valence-electron chi connectivity index (χ3n) is 2.95. The molecule has 1 nitrogen and oxygen atoms in total. The van der Waals surface area contributed by atoms with Crippen LogP contribution in [0.1, 0.15) is 50.7 Å². The molecule has 0 saturated carbocycles. The second kappa shape index (κ2) is 6.70. The minimum Gasteiger partial charge on any atom is -0.396 e. The highest BCUT2D eigenvalue weighted by molar-refractivity contribution is 5.25. The van der Waals surface area contributed by atoms with Crippen molar-refractivity contribution in [3.05, 3.63) is 35.4 Å². The van der Waals surface area contributed by atoms with Gasteiger partial charge in [0.25, 0.3) is 0 Å². The third kappa shape index (κ3) is 3.97. The Morgan fingerprint density at radius 2 is 1.75 bits per heavy atom. The fourth-order valence-corrected chi connectivity index (χ4v) is 2.11. The van der Waals surface area contributed by atoms with Crippen LogP contribution in [-0.2, 0) is 6.42 Å². The predicted octanol–water partition coefficient (Wildman–Crippen LogP) is 3.76. The predicted molar refractivity (Wildman–Crippen MR) is 69.7 cm³/mol. The maximum Gasteiger partial charge on any atom is 0.0499 e. The summed E-state index contributed by atoms with van der Waals surface area (Å²) < 4.78 is 0. The molecule has 0 aliphatic rings. The summed E-state index contributed by atoms with van der Waals surface area (Å²) in [7, 11) is 0. The lowest BCUT2D eigenvalue weighted by Crippen LogP contribution is -2.04. The topological polar surface area (TPSA) is 20.2 Å². The molecule has 0 aliphatic heterocycles. The summed E-state index contributed by atoms with van der Waals surface area (Å²) in [5, 5.41) is 9.33. The summed E-state index contributed by atoms with van der Waals surface area (Å²) in [4.78, 5) is 0. The molecule has 0 aromatic heterocycles. The summed E-state index contributed by atoms with van der Waals surface area (Å²) in [5.41, 5.74) is 2.67. The lowest BCUT2D eigenvalue weighted by Gasteiger charge is -2.14. The summed E-state index contributed by atoms with van der Waals surface area (Å²) >= 11 is 0. The van der Waals surface area contributed by atoms with Gasteiger partial charge in [-0.2, -0.15) is 0 Å². The Hall–Kier alpha value is -0.820. The Bertz CT molecular complexity index is 287. The maximum atomic E-state index is 9.33. The first-order valence-corrected chi connectivity index (χ1v) is 6.37. The van der Waals surface area contributed by atoms with E-state index in [2.05, 4.69) is 45.0 Å². The van der Waals surface area contributed by atoms with Gasteiger partial charge in [0.05, 0.1) is 0 Å². The Labute approximate surface area is 99.5 Å². The van der Waals surface area contributed by atoms with Gasteiger partial charge in [0.1, 0.15) is 0 Å². The maximum absolute atomic E-state index is 9.33. The average Bonchev–Trinajstić information content (AvgIpc) is 2.26. The van der Waals surface area contributed by atoms with Gasteiger partial charge in [-0.15, -0.1) is 0 Å². The zero-order valence-electron chi connectivity index (χ0n) is 10.7. The van der Waals surface area contributed by atoms with E-state index < -0.39 is 0 Å². The fraction of sp³-hybridized carbons (Fsp3) is 0.600. The van der Waals surface area contributed by atoms with Crippen LogP contribution in [0.2, 0.25) is 0 Å². The molecule has 0 saturated heterocycles. The van der Waals surface area contributed by atoms with Gasteiger partial charge in [-0.3, -0.25) is 0 Å². The molecule has 0 heterocycles. The van der Waals surface area contributed by atoms with Crippen LogP contribution in [0, 0.1) is 5.92 Å². The van der Waals surface area contributed by atoms with Crippen LogP contribution < -0.4 is 0 Å². The van der Waals surface area contributed by atoms with Crippen molar-refractivity contribution in [1.82, 2.24) is 0 Å². The number of benzene rings is 1. The molecule has 90 valence electrons. The molecule has 16 heavy (non-hydrogen) atoms. The molecule has 0 radical (unpaired) electrons. The molecule has 1 aromatic carbocycles. The van der Waals surface area contributed by atoms with E-state index in [-0.39, 0.29) is 6.61 Å². The first kappa shape index (κ1) is 13.2. The highest BCUT2D eigenvalue weighted by Gasteiger charge is 2.09. The monoisotopic (exact) mass is 220 g/mol. The Morgan fingerprint density at radius 3 is 2.19 bits per heavy atom. The van der Waals surface area contributed by atoms with Crippen molar-refractivity contribution in [2.45, 2.75) is 46.0 Å². The van der Waals surface area contributed by atoms with Crippen LogP contribution in [0.3, 0.4) is 0 Å². The molecule has 1 N–H and O–H groups in total. The Balaban J connectivity index is 2.69. The standard InChI is InChI=1S/C15H24O/c1-4-5-15(11-16)14-8-6-13(7-9-14)10-12(2)3/h6-9,12,15-16H,4-5,10-11H2,1-3H3. The molecular formula is C15H24O. The van der Waals surface area contributed by atoms with Crippen molar-refractivity contribution in [2.24, 2.45) is 5.92 Å². The number of aliphatic hydroxyl groups is 1. The van der Waals surface area contributed by atoms with Gasteiger partial charge < -0.3 is 5.11 Å². The van der Waals surface area contributed by atoms with Gasteiger partial charge in [-0.25, -0.2) is 0 Å². The molecule has 1 rings (SSSR count). The zero-order valence-corrected chi connectivity index (χ0v) is 10.7. The Morgan fingerprint density at radius 1 is 1.12 bits per heavy atom. The molecule has 0 fully saturated rings. The number of hydrogen-bond acceptors (Lipinski definition) is 1. The van der Waals surface area contributed by atoms with Crippen molar-refractivity contribution < 1.29 is 5.11 Å². The third-order valence-corrected chi connectivity index (χ3v) is 2.95. The smallest absolute Gasteiger partial charge is 0.0499 e. The normalized spacial score (nSPS) is 13.1. The van der Waals surface area contributed by atoms with Crippen molar-refractivity contribution >= 4 is 0 Å². The van der Waals surface area contributed by atoms with Gasteiger partial charge in [-0.05, 0) is 29.9 Å². The summed E-state index contributed by atoms with van der Waals surface area (Å²) in [5.74, 6) is 1.02. The van der Waals surface area contributed by atoms with Crippen LogP contribution in [0.15, 0.2) is 24.3 Å². The first-order valence-electron chi connectivity index (χ1n) is 6.37. The number of hydrogen-bond donors (Lipinski definition) is 1. The molecule has 0 amide bonds. The minimum absolute atomic E-state index is 0.261. The second-order valence-corrected chi connectivity index (χ2v) is 5.01. The quantitative estimate of drug-likeness (QED) is 0.774. The van der Waals surface area contributed by atoms with E-state index in [9.17, 15) is 5.11 Å². The van der Waals surface area contributed by atoms with Crippen LogP contribution >= 0.6 is 0 Å². The lowest BCUT2D eigenvalue weighted by atomic mass is 9.93. The van der Waals surface area contributed by atoms with Crippen LogP contribution in [0.5, 0.6) is 0 Å². The van der Waals surface area contributed by atoms with E-state index in [1.807, 2.05) is 0 Å². The van der Waals surface area contributed by atoms with E-state index in [4.69, 9.17) is 0 Å². The molecule has 1 aromatic rings. The summed E-state index contributed by atoms with van der Waals surface area (Å²) in [6.45, 7) is 6.90. The van der Waals surface area contributed by atoms with Gasteiger partial charge in [-0.1, -0.05) is 51.5 Å². The van der Waals surface area contributed by atoms with E-state index in [1.165, 1.54) is 11.1 Å². The van der Waals surface area contributed by atoms with Crippen molar-refractivity contribution in [1.29, 1.82) is 0 Å². The minimum atomic E-state index is 0.261. The summed E-state index contributed by atoms with van der Waals surface area (Å²) in [6.07, 6.45) is 3.33. The van der Waals surface area contributed by atoms with E-state index in [0.717, 1.165) is 19.3 Å². The molecule has 1 unspecified atom stereocenters. The highest BCUT2D eigenvalue weighted by atomic mass is 16.3. The summed E-state index contributed by atoms with van der Waals surface area (Å²) in [6, 6.07) is 8.75. The number of aliphatic hydroxyl groups excluding tert-OH is 1. The van der Waals surface area contributed by atoms with Crippen molar-refractivity contribution in [2.75, 3.05) is 6.61 Å². The van der Waals surface area contributed by atoms with Crippen LogP contribution in [0.25, 0.3) is 0 Å². The molecular weight excluding hydrogens is 196 g/mol. The van der Waals surface area contributed by atoms with Crippen molar-refractivity contribution in [3.63, 3.8) is 0 Å². The lowest BCUT2D eigenvalue weighted by molar-refractivity contribution is 0.258. The molecule has 0 aliphatic carbocycles. The molecule has 0 spiro atoms. The van der Waals surface area contributed by atoms with Crippen LogP contribution in [-0.4, -0.2) is 11.7 Å². The molecule has 0 bridgehead atoms. The molecule has 1 heteroatoms.